The van der Waals surface area contributed by atoms with Crippen molar-refractivity contribution in [3.63, 3.8) is 0 Å². The lowest BCUT2D eigenvalue weighted by molar-refractivity contribution is -0.120. The minimum absolute atomic E-state index is 0.0507. The van der Waals surface area contributed by atoms with Crippen LogP contribution >= 0.6 is 11.3 Å². The van der Waals surface area contributed by atoms with Gasteiger partial charge < -0.3 is 10.1 Å². The van der Waals surface area contributed by atoms with Crippen LogP contribution in [0.5, 0.6) is 5.75 Å². The number of benzene rings is 2. The van der Waals surface area contributed by atoms with Crippen molar-refractivity contribution in [3.05, 3.63) is 53.9 Å². The summed E-state index contributed by atoms with van der Waals surface area (Å²) in [5, 5.41) is 5.18. The molecule has 0 unspecified atom stereocenters. The third kappa shape index (κ3) is 5.72. The molecule has 3 aromatic rings. The van der Waals surface area contributed by atoms with E-state index in [1.807, 2.05) is 29.6 Å². The molecule has 0 radical (unpaired) electrons. The summed E-state index contributed by atoms with van der Waals surface area (Å²) in [4.78, 5) is 17.1. The molecule has 0 atom stereocenters. The molecule has 0 aliphatic carbocycles. The van der Waals surface area contributed by atoms with E-state index in [0.29, 0.717) is 18.0 Å². The molecule has 0 saturated carbocycles. The molecule has 1 aliphatic heterocycles. The Kier molecular flexibility index (Phi) is 7.27. The van der Waals surface area contributed by atoms with E-state index in [4.69, 9.17) is 4.74 Å². The lowest BCUT2D eigenvalue weighted by Gasteiger charge is -2.30. The van der Waals surface area contributed by atoms with Gasteiger partial charge in [-0.2, -0.15) is 4.31 Å². The number of sulfone groups is 1. The molecule has 1 fully saturated rings. The van der Waals surface area contributed by atoms with Crippen LogP contribution < -0.4 is 10.1 Å². The lowest BCUT2D eigenvalue weighted by atomic mass is 9.97. The molecule has 0 spiro atoms. The van der Waals surface area contributed by atoms with E-state index in [-0.39, 0.29) is 34.7 Å². The van der Waals surface area contributed by atoms with Crippen LogP contribution in [0.4, 0.5) is 5.13 Å². The van der Waals surface area contributed by atoms with Crippen LogP contribution in [0.1, 0.15) is 12.8 Å². The van der Waals surface area contributed by atoms with E-state index in [1.54, 1.807) is 7.11 Å². The minimum Gasteiger partial charge on any atom is -0.497 e. The number of rotatable bonds is 7. The highest BCUT2D eigenvalue weighted by molar-refractivity contribution is 7.91. The quantitative estimate of drug-likeness (QED) is 0.493. The van der Waals surface area contributed by atoms with Crippen LogP contribution in [0, 0.1) is 5.92 Å². The molecule has 0 bridgehead atoms. The average Bonchev–Trinajstić information content (AvgIpc) is 3.32. The average molecular weight is 536 g/mol. The number of carbonyl (C=O) groups is 1. The maximum absolute atomic E-state index is 13.0. The maximum atomic E-state index is 13.0. The Morgan fingerprint density at radius 3 is 2.34 bits per heavy atom. The van der Waals surface area contributed by atoms with Gasteiger partial charge in [-0.15, -0.1) is 11.3 Å². The van der Waals surface area contributed by atoms with E-state index < -0.39 is 19.9 Å². The second kappa shape index (κ2) is 10.1. The number of thiazole rings is 1. The first-order valence-corrected chi connectivity index (χ1v) is 15.0. The van der Waals surface area contributed by atoms with Gasteiger partial charge in [0, 0.05) is 36.2 Å². The maximum Gasteiger partial charge on any atom is 0.243 e. The van der Waals surface area contributed by atoms with Crippen LogP contribution in [-0.2, 0) is 24.7 Å². The Labute approximate surface area is 208 Å². The summed E-state index contributed by atoms with van der Waals surface area (Å²) in [6.45, 7) is 0.330. The number of anilines is 1. The Morgan fingerprint density at radius 1 is 1.06 bits per heavy atom. The van der Waals surface area contributed by atoms with E-state index >= 15 is 0 Å². The van der Waals surface area contributed by atoms with Gasteiger partial charge in [-0.05, 0) is 55.3 Å². The van der Waals surface area contributed by atoms with Crippen molar-refractivity contribution in [2.45, 2.75) is 22.6 Å². The molecule has 1 amide bonds. The zero-order valence-corrected chi connectivity index (χ0v) is 21.6. The van der Waals surface area contributed by atoms with Gasteiger partial charge in [-0.25, -0.2) is 21.8 Å². The number of carbonyl (C=O) groups excluding carboxylic acids is 1. The summed E-state index contributed by atoms with van der Waals surface area (Å²) in [6.07, 6.45) is 1.74. The minimum atomic E-state index is -3.87. The Morgan fingerprint density at radius 2 is 1.71 bits per heavy atom. The molecular weight excluding hydrogens is 510 g/mol. The van der Waals surface area contributed by atoms with Gasteiger partial charge in [0.05, 0.1) is 22.6 Å². The van der Waals surface area contributed by atoms with Gasteiger partial charge in [-0.3, -0.25) is 4.79 Å². The molecule has 1 saturated heterocycles. The summed E-state index contributed by atoms with van der Waals surface area (Å²) in [6, 6.07) is 12.8. The Balaban J connectivity index is 1.37. The SMILES string of the molecule is COc1ccc(-c2csc(NC(=O)C3CCN(S(=O)(=O)c4cccc(S(C)(=O)=O)c4)CC3)n2)cc1. The molecule has 2 aromatic carbocycles. The number of hydrogen-bond donors (Lipinski definition) is 1. The second-order valence-electron chi connectivity index (χ2n) is 8.18. The van der Waals surface area contributed by atoms with Gasteiger partial charge in [-0.1, -0.05) is 6.07 Å². The van der Waals surface area contributed by atoms with Gasteiger partial charge >= 0.3 is 0 Å². The Hall–Kier alpha value is -2.80. The standard InChI is InChI=1S/C23H25N3O6S3/c1-32-18-8-6-16(7-9-18)21-15-33-23(24-21)25-22(27)17-10-12-26(13-11-17)35(30,31)20-5-3-4-19(14-20)34(2,28)29/h3-9,14-15,17H,10-13H2,1-2H3,(H,24,25,27). The fourth-order valence-electron chi connectivity index (χ4n) is 3.81. The van der Waals surface area contributed by atoms with Crippen LogP contribution in [0.3, 0.4) is 0 Å². The molecular formula is C23H25N3O6S3. The first kappa shape index (κ1) is 25.3. The van der Waals surface area contributed by atoms with Crippen LogP contribution in [0.2, 0.25) is 0 Å². The highest BCUT2D eigenvalue weighted by atomic mass is 32.2. The number of piperidine rings is 1. The zero-order valence-electron chi connectivity index (χ0n) is 19.2. The number of methoxy groups -OCH3 is 1. The fourth-order valence-corrected chi connectivity index (χ4v) is 6.79. The predicted octanol–water partition coefficient (Wildman–Crippen LogP) is 3.26. The van der Waals surface area contributed by atoms with Crippen molar-refractivity contribution < 1.29 is 26.4 Å². The molecule has 2 heterocycles. The third-order valence-corrected chi connectivity index (χ3v) is 9.58. The fraction of sp³-hybridized carbons (Fsp3) is 0.304. The number of nitrogens with one attached hydrogen (secondary N) is 1. The highest BCUT2D eigenvalue weighted by Gasteiger charge is 2.32. The molecule has 1 aromatic heterocycles. The monoisotopic (exact) mass is 535 g/mol. The van der Waals surface area contributed by atoms with Gasteiger partial charge in [0.25, 0.3) is 0 Å². The number of nitrogens with zero attached hydrogens (tertiary/aromatic N) is 2. The summed E-state index contributed by atoms with van der Waals surface area (Å²) < 4.78 is 56.1. The summed E-state index contributed by atoms with van der Waals surface area (Å²) in [5.41, 5.74) is 1.64. The highest BCUT2D eigenvalue weighted by Crippen LogP contribution is 2.29. The number of ether oxygens (including phenoxy) is 1. The van der Waals surface area contributed by atoms with Gasteiger partial charge in [0.1, 0.15) is 5.75 Å². The Bertz CT molecular complexity index is 1430. The topological polar surface area (TPSA) is 123 Å². The van der Waals surface area contributed by atoms with Crippen molar-refractivity contribution in [1.82, 2.24) is 9.29 Å². The molecule has 4 rings (SSSR count). The number of aromatic nitrogens is 1. The van der Waals surface area contributed by atoms with Crippen molar-refractivity contribution in [2.75, 3.05) is 31.8 Å². The first-order valence-electron chi connectivity index (χ1n) is 10.8. The van der Waals surface area contributed by atoms with Crippen molar-refractivity contribution in [1.29, 1.82) is 0 Å². The van der Waals surface area contributed by atoms with Crippen molar-refractivity contribution in [2.24, 2.45) is 5.92 Å². The van der Waals surface area contributed by atoms with Crippen molar-refractivity contribution >= 4 is 42.2 Å². The molecule has 9 nitrogen and oxygen atoms in total. The molecule has 1 N–H and O–H groups in total. The normalized spacial score (nSPS) is 15.6. The van der Waals surface area contributed by atoms with Gasteiger partial charge in [0.2, 0.25) is 15.9 Å². The van der Waals surface area contributed by atoms with E-state index in [2.05, 4.69) is 10.3 Å². The number of sulfonamides is 1. The molecule has 35 heavy (non-hydrogen) atoms. The number of hydrogen-bond acceptors (Lipinski definition) is 8. The van der Waals surface area contributed by atoms with Crippen molar-refractivity contribution in [3.8, 4) is 17.0 Å². The lowest BCUT2D eigenvalue weighted by Crippen LogP contribution is -2.41. The third-order valence-electron chi connectivity index (χ3n) is 5.82. The zero-order chi connectivity index (χ0) is 25.2. The van der Waals surface area contributed by atoms with Crippen LogP contribution in [0.15, 0.2) is 63.7 Å². The summed E-state index contributed by atoms with van der Waals surface area (Å²) in [5.74, 6) is 0.197. The van der Waals surface area contributed by atoms with Gasteiger partial charge in [0.15, 0.2) is 15.0 Å². The predicted molar refractivity (Wildman–Crippen MR) is 134 cm³/mol. The molecule has 186 valence electrons. The van der Waals surface area contributed by atoms with Crippen LogP contribution in [-0.4, -0.2) is 58.5 Å². The molecule has 1 aliphatic rings. The summed E-state index contributed by atoms with van der Waals surface area (Å²) in [7, 11) is -5.80. The largest absolute Gasteiger partial charge is 0.497 e. The number of amides is 1. The molecule has 12 heteroatoms. The van der Waals surface area contributed by atoms with Crippen LogP contribution in [0.25, 0.3) is 11.3 Å². The summed E-state index contributed by atoms with van der Waals surface area (Å²) >= 11 is 1.32. The van der Waals surface area contributed by atoms with E-state index in [9.17, 15) is 21.6 Å². The smallest absolute Gasteiger partial charge is 0.243 e. The van der Waals surface area contributed by atoms with E-state index in [1.165, 1.54) is 39.9 Å². The van der Waals surface area contributed by atoms with E-state index in [0.717, 1.165) is 23.3 Å². The first-order chi connectivity index (χ1) is 16.6. The second-order valence-corrected chi connectivity index (χ2v) is 13.0.